The molecule has 0 spiro atoms. The zero-order valence-electron chi connectivity index (χ0n) is 10.8. The van der Waals surface area contributed by atoms with Crippen LogP contribution in [-0.2, 0) is 0 Å². The van der Waals surface area contributed by atoms with Gasteiger partial charge < -0.3 is 10.6 Å². The molecular weight excluding hydrogens is 184 g/mol. The van der Waals surface area contributed by atoms with Crippen molar-refractivity contribution in [1.29, 1.82) is 0 Å². The molecule has 1 rings (SSSR count). The van der Waals surface area contributed by atoms with Gasteiger partial charge in [0.05, 0.1) is 0 Å². The Morgan fingerprint density at radius 1 is 1.20 bits per heavy atom. The van der Waals surface area contributed by atoms with E-state index in [1.54, 1.807) is 0 Å². The Bertz CT molecular complexity index is 171. The molecule has 15 heavy (non-hydrogen) atoms. The minimum Gasteiger partial charge on any atom is -0.324 e. The summed E-state index contributed by atoms with van der Waals surface area (Å²) >= 11 is 0. The summed E-state index contributed by atoms with van der Waals surface area (Å²) in [4.78, 5) is 2.42. The van der Waals surface area contributed by atoms with E-state index >= 15 is 0 Å². The van der Waals surface area contributed by atoms with Crippen molar-refractivity contribution in [1.82, 2.24) is 4.90 Å². The molecule has 1 aliphatic carbocycles. The Kier molecular flexibility index (Phi) is 5.07. The van der Waals surface area contributed by atoms with Crippen molar-refractivity contribution in [3.05, 3.63) is 0 Å². The average molecular weight is 212 g/mol. The van der Waals surface area contributed by atoms with E-state index in [1.165, 1.54) is 45.1 Å². The maximum Gasteiger partial charge on any atom is 0.0283 e. The van der Waals surface area contributed by atoms with Crippen LogP contribution >= 0.6 is 0 Å². The topological polar surface area (TPSA) is 29.3 Å². The van der Waals surface area contributed by atoms with Gasteiger partial charge in [0.25, 0.3) is 0 Å². The van der Waals surface area contributed by atoms with Gasteiger partial charge in [0.2, 0.25) is 0 Å². The Balaban J connectivity index is 2.25. The van der Waals surface area contributed by atoms with Gasteiger partial charge in [0, 0.05) is 12.1 Å². The van der Waals surface area contributed by atoms with E-state index in [0.29, 0.717) is 0 Å². The molecule has 0 aromatic carbocycles. The van der Waals surface area contributed by atoms with Gasteiger partial charge in [-0.3, -0.25) is 0 Å². The lowest BCUT2D eigenvalue weighted by atomic mass is 9.82. The molecular formula is C13H28N2. The normalized spacial score (nSPS) is 21.2. The molecule has 1 aliphatic rings. The molecule has 0 atom stereocenters. The summed E-state index contributed by atoms with van der Waals surface area (Å²) in [5.74, 6) is 0.799. The highest BCUT2D eigenvalue weighted by atomic mass is 15.1. The van der Waals surface area contributed by atoms with Gasteiger partial charge in [-0.25, -0.2) is 0 Å². The highest BCUT2D eigenvalue weighted by Gasteiger charge is 2.28. The fourth-order valence-electron chi connectivity index (χ4n) is 2.51. The molecule has 0 aromatic heterocycles. The Hall–Kier alpha value is -0.0800. The number of nitrogens with zero attached hydrogens (tertiary/aromatic N) is 1. The highest BCUT2D eigenvalue weighted by molar-refractivity contribution is 4.89. The smallest absolute Gasteiger partial charge is 0.0283 e. The van der Waals surface area contributed by atoms with Crippen LogP contribution in [0.25, 0.3) is 0 Å². The number of hydrogen-bond donors (Lipinski definition) is 1. The lowest BCUT2D eigenvalue weighted by molar-refractivity contribution is 0.192. The minimum absolute atomic E-state index is 0.115. The SMILES string of the molecule is CC(C)CCN(C)CC1(N)CCCCC1. The number of hydrogen-bond acceptors (Lipinski definition) is 2. The van der Waals surface area contributed by atoms with Crippen molar-refractivity contribution in [2.75, 3.05) is 20.1 Å². The summed E-state index contributed by atoms with van der Waals surface area (Å²) in [6.45, 7) is 6.84. The van der Waals surface area contributed by atoms with Crippen LogP contribution in [0, 0.1) is 5.92 Å². The predicted octanol–water partition coefficient (Wildman–Crippen LogP) is 2.63. The van der Waals surface area contributed by atoms with Gasteiger partial charge >= 0.3 is 0 Å². The fourth-order valence-corrected chi connectivity index (χ4v) is 2.51. The zero-order chi connectivity index (χ0) is 11.3. The van der Waals surface area contributed by atoms with Gasteiger partial charge in [0.1, 0.15) is 0 Å². The van der Waals surface area contributed by atoms with Crippen molar-refractivity contribution in [3.8, 4) is 0 Å². The van der Waals surface area contributed by atoms with Crippen LogP contribution in [0.5, 0.6) is 0 Å². The monoisotopic (exact) mass is 212 g/mol. The van der Waals surface area contributed by atoms with E-state index in [9.17, 15) is 0 Å². The molecule has 0 radical (unpaired) electrons. The Morgan fingerprint density at radius 3 is 2.33 bits per heavy atom. The van der Waals surface area contributed by atoms with E-state index in [2.05, 4.69) is 25.8 Å². The summed E-state index contributed by atoms with van der Waals surface area (Å²) in [6, 6.07) is 0. The molecule has 1 fully saturated rings. The number of rotatable bonds is 5. The van der Waals surface area contributed by atoms with Gasteiger partial charge in [-0.05, 0) is 38.8 Å². The van der Waals surface area contributed by atoms with E-state index in [4.69, 9.17) is 5.73 Å². The first-order valence-electron chi connectivity index (χ1n) is 6.49. The lowest BCUT2D eigenvalue weighted by Crippen LogP contribution is -2.50. The molecule has 2 N–H and O–H groups in total. The third-order valence-corrected chi connectivity index (χ3v) is 3.52. The van der Waals surface area contributed by atoms with Crippen LogP contribution in [0.3, 0.4) is 0 Å². The van der Waals surface area contributed by atoms with Crippen LogP contribution in [0.4, 0.5) is 0 Å². The van der Waals surface area contributed by atoms with Crippen LogP contribution in [0.1, 0.15) is 52.4 Å². The highest BCUT2D eigenvalue weighted by Crippen LogP contribution is 2.26. The maximum absolute atomic E-state index is 6.42. The summed E-state index contributed by atoms with van der Waals surface area (Å²) in [7, 11) is 2.21. The van der Waals surface area contributed by atoms with Crippen LogP contribution in [0.15, 0.2) is 0 Å². The zero-order valence-corrected chi connectivity index (χ0v) is 10.8. The van der Waals surface area contributed by atoms with E-state index in [1.807, 2.05) is 0 Å². The minimum atomic E-state index is 0.115. The van der Waals surface area contributed by atoms with Crippen molar-refractivity contribution < 1.29 is 0 Å². The second-order valence-electron chi connectivity index (χ2n) is 5.84. The second-order valence-corrected chi connectivity index (χ2v) is 5.84. The molecule has 0 aliphatic heterocycles. The molecule has 90 valence electrons. The summed E-state index contributed by atoms with van der Waals surface area (Å²) in [5, 5.41) is 0. The van der Waals surface area contributed by atoms with Crippen LogP contribution in [0.2, 0.25) is 0 Å². The number of likely N-dealkylation sites (N-methyl/N-ethyl adjacent to an activating group) is 1. The van der Waals surface area contributed by atoms with Crippen molar-refractivity contribution in [2.24, 2.45) is 11.7 Å². The van der Waals surface area contributed by atoms with E-state index < -0.39 is 0 Å². The molecule has 0 heterocycles. The second kappa shape index (κ2) is 5.86. The third kappa shape index (κ3) is 4.98. The standard InChI is InChI=1S/C13H28N2/c1-12(2)7-10-15(3)11-13(14)8-5-4-6-9-13/h12H,4-11,14H2,1-3H3. The van der Waals surface area contributed by atoms with E-state index in [0.717, 1.165) is 12.5 Å². The van der Waals surface area contributed by atoms with Gasteiger partial charge in [-0.1, -0.05) is 33.1 Å². The van der Waals surface area contributed by atoms with Crippen molar-refractivity contribution in [3.63, 3.8) is 0 Å². The largest absolute Gasteiger partial charge is 0.324 e. The summed E-state index contributed by atoms with van der Waals surface area (Å²) < 4.78 is 0. The first-order valence-corrected chi connectivity index (χ1v) is 6.49. The Morgan fingerprint density at radius 2 is 1.80 bits per heavy atom. The molecule has 2 nitrogen and oxygen atoms in total. The number of nitrogens with two attached hydrogens (primary N) is 1. The summed E-state index contributed by atoms with van der Waals surface area (Å²) in [5.41, 5.74) is 6.54. The van der Waals surface area contributed by atoms with Gasteiger partial charge in [-0.2, -0.15) is 0 Å². The third-order valence-electron chi connectivity index (χ3n) is 3.52. The van der Waals surface area contributed by atoms with Gasteiger partial charge in [-0.15, -0.1) is 0 Å². The Labute approximate surface area is 95.2 Å². The molecule has 0 bridgehead atoms. The van der Waals surface area contributed by atoms with Crippen LogP contribution in [-0.4, -0.2) is 30.6 Å². The van der Waals surface area contributed by atoms with Crippen LogP contribution < -0.4 is 5.73 Å². The van der Waals surface area contributed by atoms with E-state index in [-0.39, 0.29) is 5.54 Å². The molecule has 2 heteroatoms. The quantitative estimate of drug-likeness (QED) is 0.759. The average Bonchev–Trinajstić information content (AvgIpc) is 2.15. The van der Waals surface area contributed by atoms with Crippen molar-refractivity contribution >= 4 is 0 Å². The molecule has 0 saturated heterocycles. The summed E-state index contributed by atoms with van der Waals surface area (Å²) in [6.07, 6.45) is 7.77. The predicted molar refractivity (Wildman–Crippen MR) is 67.0 cm³/mol. The molecule has 0 amide bonds. The van der Waals surface area contributed by atoms with Crippen molar-refractivity contribution in [2.45, 2.75) is 57.9 Å². The van der Waals surface area contributed by atoms with Gasteiger partial charge in [0.15, 0.2) is 0 Å². The maximum atomic E-state index is 6.42. The fraction of sp³-hybridized carbons (Fsp3) is 1.00. The molecule has 0 aromatic rings. The molecule has 0 unspecified atom stereocenters. The molecule has 1 saturated carbocycles. The first-order chi connectivity index (χ1) is 7.02. The first kappa shape index (κ1) is 13.0. The lowest BCUT2D eigenvalue weighted by Gasteiger charge is -2.37.